The maximum atomic E-state index is 5.46. The molecule has 10 heavy (non-hydrogen) atoms. The normalized spacial score (nSPS) is 23.4. The highest BCUT2D eigenvalue weighted by molar-refractivity contribution is 7.80. The zero-order valence-corrected chi connectivity index (χ0v) is 7.19. The molecule has 0 radical (unpaired) electrons. The summed E-state index contributed by atoms with van der Waals surface area (Å²) in [6, 6.07) is 0. The Balaban J connectivity index is 2.41. The minimum Gasteiger partial charge on any atom is -0.348 e. The third-order valence-corrected chi connectivity index (χ3v) is 2.07. The molecular weight excluding hydrogens is 148 g/mol. The van der Waals surface area contributed by atoms with Crippen LogP contribution in [0, 0.1) is 0 Å². The van der Waals surface area contributed by atoms with Crippen LogP contribution in [-0.2, 0) is 9.47 Å². The molecule has 1 rings (SSSR count). The van der Waals surface area contributed by atoms with E-state index in [1.165, 1.54) is 0 Å². The van der Waals surface area contributed by atoms with Crippen molar-refractivity contribution in [1.82, 2.24) is 0 Å². The van der Waals surface area contributed by atoms with E-state index in [-0.39, 0.29) is 5.79 Å². The zero-order chi connectivity index (χ0) is 7.45. The Bertz CT molecular complexity index is 99.8. The van der Waals surface area contributed by atoms with E-state index in [2.05, 4.69) is 19.6 Å². The van der Waals surface area contributed by atoms with E-state index in [1.807, 2.05) is 0 Å². The van der Waals surface area contributed by atoms with Crippen molar-refractivity contribution < 1.29 is 9.47 Å². The molecule has 1 aliphatic rings. The molecule has 1 saturated heterocycles. The monoisotopic (exact) mass is 162 g/mol. The molecule has 1 heterocycles. The van der Waals surface area contributed by atoms with E-state index >= 15 is 0 Å². The molecule has 0 bridgehead atoms. The van der Waals surface area contributed by atoms with Crippen molar-refractivity contribution in [2.75, 3.05) is 19.0 Å². The maximum absolute atomic E-state index is 5.46. The third kappa shape index (κ3) is 1.65. The second kappa shape index (κ2) is 3.60. The average molecular weight is 162 g/mol. The second-order valence-electron chi connectivity index (χ2n) is 2.43. The van der Waals surface area contributed by atoms with E-state index in [0.29, 0.717) is 0 Å². The van der Waals surface area contributed by atoms with Crippen molar-refractivity contribution in [3.05, 3.63) is 0 Å². The molecule has 0 unspecified atom stereocenters. The SMILES string of the molecule is CCC1(CCS)OCCO1. The summed E-state index contributed by atoms with van der Waals surface area (Å²) in [6.45, 7) is 3.55. The van der Waals surface area contributed by atoms with Gasteiger partial charge in [-0.3, -0.25) is 0 Å². The van der Waals surface area contributed by atoms with E-state index in [0.717, 1.165) is 31.8 Å². The van der Waals surface area contributed by atoms with Gasteiger partial charge in [0.25, 0.3) is 0 Å². The van der Waals surface area contributed by atoms with Crippen molar-refractivity contribution >= 4 is 12.6 Å². The first-order chi connectivity index (χ1) is 4.83. The number of rotatable bonds is 3. The number of hydrogen-bond donors (Lipinski definition) is 1. The zero-order valence-electron chi connectivity index (χ0n) is 6.30. The van der Waals surface area contributed by atoms with E-state index in [9.17, 15) is 0 Å². The van der Waals surface area contributed by atoms with E-state index < -0.39 is 0 Å². The summed E-state index contributed by atoms with van der Waals surface area (Å²) in [5, 5.41) is 0. The predicted molar refractivity (Wildman–Crippen MR) is 43.4 cm³/mol. The highest BCUT2D eigenvalue weighted by Crippen LogP contribution is 2.26. The number of thiol groups is 1. The van der Waals surface area contributed by atoms with Gasteiger partial charge >= 0.3 is 0 Å². The molecule has 0 amide bonds. The summed E-state index contributed by atoms with van der Waals surface area (Å²) >= 11 is 4.14. The van der Waals surface area contributed by atoms with Gasteiger partial charge in [-0.1, -0.05) is 6.92 Å². The molecule has 0 aromatic heterocycles. The molecule has 60 valence electrons. The lowest BCUT2D eigenvalue weighted by atomic mass is 10.1. The quantitative estimate of drug-likeness (QED) is 0.633. The smallest absolute Gasteiger partial charge is 0.169 e. The Morgan fingerprint density at radius 1 is 1.40 bits per heavy atom. The lowest BCUT2D eigenvalue weighted by Gasteiger charge is -2.24. The fraction of sp³-hybridized carbons (Fsp3) is 1.00. The van der Waals surface area contributed by atoms with E-state index in [4.69, 9.17) is 9.47 Å². The van der Waals surface area contributed by atoms with Crippen molar-refractivity contribution in [2.24, 2.45) is 0 Å². The molecule has 2 nitrogen and oxygen atoms in total. The highest BCUT2D eigenvalue weighted by atomic mass is 32.1. The number of ether oxygens (including phenoxy) is 2. The van der Waals surface area contributed by atoms with Gasteiger partial charge in [0.2, 0.25) is 0 Å². The van der Waals surface area contributed by atoms with Crippen LogP contribution in [0.3, 0.4) is 0 Å². The summed E-state index contributed by atoms with van der Waals surface area (Å²) in [6.07, 6.45) is 1.82. The van der Waals surface area contributed by atoms with Gasteiger partial charge in [-0.15, -0.1) is 0 Å². The maximum Gasteiger partial charge on any atom is 0.169 e. The molecule has 1 fully saturated rings. The first-order valence-corrected chi connectivity index (χ1v) is 4.35. The van der Waals surface area contributed by atoms with Gasteiger partial charge in [-0.2, -0.15) is 12.6 Å². The van der Waals surface area contributed by atoms with Gasteiger partial charge < -0.3 is 9.47 Å². The van der Waals surface area contributed by atoms with Crippen LogP contribution >= 0.6 is 12.6 Å². The Morgan fingerprint density at radius 2 is 2.00 bits per heavy atom. The van der Waals surface area contributed by atoms with Crippen molar-refractivity contribution in [3.63, 3.8) is 0 Å². The largest absolute Gasteiger partial charge is 0.348 e. The fourth-order valence-electron chi connectivity index (χ4n) is 1.19. The fourth-order valence-corrected chi connectivity index (χ4v) is 1.53. The average Bonchev–Trinajstić information content (AvgIpc) is 2.39. The Labute approximate surface area is 67.3 Å². The van der Waals surface area contributed by atoms with Crippen LogP contribution in [0.1, 0.15) is 19.8 Å². The summed E-state index contributed by atoms with van der Waals surface area (Å²) in [7, 11) is 0. The Kier molecular flexibility index (Phi) is 3.01. The molecule has 0 atom stereocenters. The minimum atomic E-state index is -0.290. The second-order valence-corrected chi connectivity index (χ2v) is 2.88. The molecule has 3 heteroatoms. The summed E-state index contributed by atoms with van der Waals surface area (Å²) in [4.78, 5) is 0. The van der Waals surface area contributed by atoms with Gasteiger partial charge in [0.1, 0.15) is 0 Å². The van der Waals surface area contributed by atoms with Crippen LogP contribution in [0.5, 0.6) is 0 Å². The molecule has 0 aromatic carbocycles. The summed E-state index contributed by atoms with van der Waals surface area (Å²) < 4.78 is 10.9. The molecule has 0 aliphatic carbocycles. The highest BCUT2D eigenvalue weighted by Gasteiger charge is 2.33. The molecule has 0 saturated carbocycles. The van der Waals surface area contributed by atoms with E-state index in [1.54, 1.807) is 0 Å². The summed E-state index contributed by atoms with van der Waals surface area (Å²) in [5.74, 6) is 0.537. The number of hydrogen-bond acceptors (Lipinski definition) is 3. The van der Waals surface area contributed by atoms with Gasteiger partial charge in [0.05, 0.1) is 13.2 Å². The topological polar surface area (TPSA) is 18.5 Å². The Hall–Kier alpha value is 0.270. The van der Waals surface area contributed by atoms with Crippen molar-refractivity contribution in [1.29, 1.82) is 0 Å². The first-order valence-electron chi connectivity index (χ1n) is 3.72. The van der Waals surface area contributed by atoms with Crippen molar-refractivity contribution in [2.45, 2.75) is 25.6 Å². The molecule has 0 spiro atoms. The van der Waals surface area contributed by atoms with Gasteiger partial charge in [0, 0.05) is 6.42 Å². The van der Waals surface area contributed by atoms with Crippen LogP contribution < -0.4 is 0 Å². The standard InChI is InChI=1S/C7H14O2S/c1-2-7(3-6-10)8-4-5-9-7/h10H,2-6H2,1H3. The van der Waals surface area contributed by atoms with Gasteiger partial charge in [-0.25, -0.2) is 0 Å². The Morgan fingerprint density at radius 3 is 2.40 bits per heavy atom. The lowest BCUT2D eigenvalue weighted by molar-refractivity contribution is -0.159. The molecule has 0 aromatic rings. The van der Waals surface area contributed by atoms with Crippen LogP contribution in [0.25, 0.3) is 0 Å². The van der Waals surface area contributed by atoms with Crippen LogP contribution in [0.2, 0.25) is 0 Å². The minimum absolute atomic E-state index is 0.290. The first kappa shape index (κ1) is 8.37. The van der Waals surface area contributed by atoms with Crippen molar-refractivity contribution in [3.8, 4) is 0 Å². The van der Waals surface area contributed by atoms with Crippen LogP contribution in [-0.4, -0.2) is 24.8 Å². The molecule has 1 aliphatic heterocycles. The predicted octanol–water partition coefficient (Wildman–Crippen LogP) is 1.46. The van der Waals surface area contributed by atoms with Gasteiger partial charge in [-0.05, 0) is 12.2 Å². The van der Waals surface area contributed by atoms with Gasteiger partial charge in [0.15, 0.2) is 5.79 Å². The van der Waals surface area contributed by atoms with Crippen LogP contribution in [0.4, 0.5) is 0 Å². The third-order valence-electron chi connectivity index (χ3n) is 1.84. The lowest BCUT2D eigenvalue weighted by Crippen LogP contribution is -2.29. The summed E-state index contributed by atoms with van der Waals surface area (Å²) in [5.41, 5.74) is 0. The van der Waals surface area contributed by atoms with Crippen LogP contribution in [0.15, 0.2) is 0 Å². The molecular formula is C7H14O2S. The molecule has 0 N–H and O–H groups in total.